The van der Waals surface area contributed by atoms with Gasteiger partial charge in [0, 0.05) is 39.4 Å². The molecule has 0 bridgehead atoms. The van der Waals surface area contributed by atoms with Crippen LogP contribution in [0.3, 0.4) is 0 Å². The van der Waals surface area contributed by atoms with E-state index in [-0.39, 0.29) is 5.91 Å². The Morgan fingerprint density at radius 3 is 2.33 bits per heavy atom. The van der Waals surface area contributed by atoms with Gasteiger partial charge in [-0.25, -0.2) is 8.78 Å². The minimum atomic E-state index is -0.833. The molecule has 144 valence electrons. The molecule has 0 radical (unpaired) electrons. The monoisotopic (exact) mass is 373 g/mol. The van der Waals surface area contributed by atoms with Crippen molar-refractivity contribution >= 4 is 11.6 Å². The molecule has 1 N–H and O–H groups in total. The first-order chi connectivity index (χ1) is 12.9. The number of carbonyl (C=O) groups is 1. The molecule has 0 aromatic heterocycles. The van der Waals surface area contributed by atoms with Gasteiger partial charge in [0.2, 0.25) is 5.91 Å². The number of hydrogen-bond donors (Lipinski definition) is 1. The van der Waals surface area contributed by atoms with Crippen LogP contribution < -0.4 is 5.32 Å². The molecule has 1 aliphatic heterocycles. The van der Waals surface area contributed by atoms with Crippen molar-refractivity contribution in [2.24, 2.45) is 0 Å². The molecule has 3 rings (SSSR count). The molecule has 0 aliphatic carbocycles. The van der Waals surface area contributed by atoms with Gasteiger partial charge in [0.1, 0.15) is 5.54 Å². The molecular weight excluding hydrogens is 348 g/mol. The summed E-state index contributed by atoms with van der Waals surface area (Å²) in [5, 5.41) is 3.45. The molecule has 4 nitrogen and oxygen atoms in total. The lowest BCUT2D eigenvalue weighted by Crippen LogP contribution is -2.57. The van der Waals surface area contributed by atoms with Crippen molar-refractivity contribution in [2.45, 2.75) is 24.9 Å². The molecule has 1 amide bonds. The first-order valence-electron chi connectivity index (χ1n) is 9.11. The minimum absolute atomic E-state index is 0.0545. The maximum absolute atomic E-state index is 13.4. The summed E-state index contributed by atoms with van der Waals surface area (Å²) < 4.78 is 26.6. The first kappa shape index (κ1) is 19.3. The first-order valence-corrected chi connectivity index (χ1v) is 9.11. The van der Waals surface area contributed by atoms with Crippen LogP contribution in [0.1, 0.15) is 18.4 Å². The van der Waals surface area contributed by atoms with Crippen LogP contribution in [0.2, 0.25) is 0 Å². The summed E-state index contributed by atoms with van der Waals surface area (Å²) in [5.41, 5.74) is 0.994. The summed E-state index contributed by atoms with van der Waals surface area (Å²) in [6.45, 7) is 1.92. The fraction of sp³-hybridized carbons (Fsp3) is 0.381. The zero-order valence-corrected chi connectivity index (χ0v) is 15.7. The van der Waals surface area contributed by atoms with Crippen molar-refractivity contribution in [1.82, 2.24) is 9.80 Å². The number of anilines is 1. The Bertz CT molecular complexity index is 787. The van der Waals surface area contributed by atoms with Crippen molar-refractivity contribution < 1.29 is 13.6 Å². The Kier molecular flexibility index (Phi) is 5.75. The SMILES string of the molecule is CN(C)C(=O)C1(Nc2ccccc2)CCN(Cc2ccc(F)c(F)c2)CC1. The van der Waals surface area contributed by atoms with Gasteiger partial charge in [0.25, 0.3) is 0 Å². The van der Waals surface area contributed by atoms with Crippen LogP contribution in [0.4, 0.5) is 14.5 Å². The van der Waals surface area contributed by atoms with E-state index in [9.17, 15) is 13.6 Å². The van der Waals surface area contributed by atoms with Crippen LogP contribution in [-0.2, 0) is 11.3 Å². The highest BCUT2D eigenvalue weighted by Gasteiger charge is 2.42. The number of nitrogens with one attached hydrogen (secondary N) is 1. The quantitative estimate of drug-likeness (QED) is 0.871. The highest BCUT2D eigenvalue weighted by Crippen LogP contribution is 2.29. The van der Waals surface area contributed by atoms with E-state index in [1.807, 2.05) is 30.3 Å². The van der Waals surface area contributed by atoms with E-state index in [4.69, 9.17) is 0 Å². The molecule has 2 aromatic carbocycles. The van der Waals surface area contributed by atoms with Crippen molar-refractivity contribution in [3.8, 4) is 0 Å². The number of rotatable bonds is 5. The second kappa shape index (κ2) is 8.05. The molecule has 1 saturated heterocycles. The van der Waals surface area contributed by atoms with Crippen molar-refractivity contribution in [1.29, 1.82) is 0 Å². The number of likely N-dealkylation sites (N-methyl/N-ethyl adjacent to an activating group) is 1. The van der Waals surface area contributed by atoms with Gasteiger partial charge in [-0.15, -0.1) is 0 Å². The summed E-state index contributed by atoms with van der Waals surface area (Å²) >= 11 is 0. The fourth-order valence-electron chi connectivity index (χ4n) is 3.61. The third-order valence-electron chi connectivity index (χ3n) is 5.07. The number of para-hydroxylation sites is 1. The average molecular weight is 373 g/mol. The predicted molar refractivity (Wildman–Crippen MR) is 102 cm³/mol. The third kappa shape index (κ3) is 4.45. The van der Waals surface area contributed by atoms with Crippen molar-refractivity contribution in [3.63, 3.8) is 0 Å². The van der Waals surface area contributed by atoms with Gasteiger partial charge in [0.15, 0.2) is 11.6 Å². The largest absolute Gasteiger partial charge is 0.371 e. The zero-order valence-electron chi connectivity index (χ0n) is 15.7. The summed E-state index contributed by atoms with van der Waals surface area (Å²) in [7, 11) is 3.54. The van der Waals surface area contributed by atoms with Gasteiger partial charge in [0.05, 0.1) is 0 Å². The van der Waals surface area contributed by atoms with Crippen LogP contribution in [-0.4, -0.2) is 48.4 Å². The molecule has 2 aromatic rings. The van der Waals surface area contributed by atoms with Crippen LogP contribution >= 0.6 is 0 Å². The number of benzene rings is 2. The second-order valence-electron chi connectivity index (χ2n) is 7.30. The maximum Gasteiger partial charge on any atom is 0.247 e. The zero-order chi connectivity index (χ0) is 19.4. The van der Waals surface area contributed by atoms with E-state index in [0.29, 0.717) is 32.5 Å². The molecule has 1 fully saturated rings. The molecular formula is C21H25F2N3O. The number of halogens is 2. The van der Waals surface area contributed by atoms with Gasteiger partial charge in [-0.3, -0.25) is 9.69 Å². The second-order valence-corrected chi connectivity index (χ2v) is 7.30. The van der Waals surface area contributed by atoms with Crippen LogP contribution in [0.5, 0.6) is 0 Å². The van der Waals surface area contributed by atoms with Crippen LogP contribution in [0.25, 0.3) is 0 Å². The lowest BCUT2D eigenvalue weighted by Gasteiger charge is -2.43. The molecule has 1 heterocycles. The number of amides is 1. The standard InChI is InChI=1S/C21H25F2N3O/c1-25(2)20(27)21(24-17-6-4-3-5-7-17)10-12-26(13-11-21)15-16-8-9-18(22)19(23)14-16/h3-9,14,24H,10-13,15H2,1-2H3. The van der Waals surface area contributed by atoms with Gasteiger partial charge in [-0.2, -0.15) is 0 Å². The number of piperidine rings is 1. The van der Waals surface area contributed by atoms with Gasteiger partial charge in [-0.05, 0) is 42.7 Å². The summed E-state index contributed by atoms with van der Waals surface area (Å²) in [6, 6.07) is 13.7. The smallest absolute Gasteiger partial charge is 0.247 e. The molecule has 6 heteroatoms. The number of likely N-dealkylation sites (tertiary alicyclic amines) is 1. The molecule has 0 spiro atoms. The molecule has 0 unspecified atom stereocenters. The third-order valence-corrected chi connectivity index (χ3v) is 5.07. The fourth-order valence-corrected chi connectivity index (χ4v) is 3.61. The normalized spacial score (nSPS) is 16.7. The number of nitrogens with zero attached hydrogens (tertiary/aromatic N) is 2. The van der Waals surface area contributed by atoms with E-state index < -0.39 is 17.2 Å². The highest BCUT2D eigenvalue weighted by atomic mass is 19.2. The Labute approximate surface area is 158 Å². The predicted octanol–water partition coefficient (Wildman–Crippen LogP) is 3.50. The Balaban J connectivity index is 1.71. The van der Waals surface area contributed by atoms with Crippen LogP contribution in [0, 0.1) is 11.6 Å². The van der Waals surface area contributed by atoms with Crippen molar-refractivity contribution in [2.75, 3.05) is 32.5 Å². The molecule has 1 aliphatic rings. The topological polar surface area (TPSA) is 35.6 Å². The van der Waals surface area contributed by atoms with E-state index in [0.717, 1.165) is 17.3 Å². The summed E-state index contributed by atoms with van der Waals surface area (Å²) in [5.74, 6) is -1.61. The lowest BCUT2D eigenvalue weighted by atomic mass is 9.85. The number of carbonyl (C=O) groups excluding carboxylic acids is 1. The van der Waals surface area contributed by atoms with E-state index in [1.165, 1.54) is 6.07 Å². The Morgan fingerprint density at radius 2 is 1.74 bits per heavy atom. The van der Waals surface area contributed by atoms with E-state index in [2.05, 4.69) is 10.2 Å². The highest BCUT2D eigenvalue weighted by molar-refractivity contribution is 5.89. The lowest BCUT2D eigenvalue weighted by molar-refractivity contribution is -0.135. The molecule has 0 atom stereocenters. The van der Waals surface area contributed by atoms with Crippen molar-refractivity contribution in [3.05, 3.63) is 65.7 Å². The number of hydrogen-bond acceptors (Lipinski definition) is 3. The Hall–Kier alpha value is -2.47. The summed E-state index contributed by atoms with van der Waals surface area (Å²) in [6.07, 6.45) is 1.28. The minimum Gasteiger partial charge on any atom is -0.371 e. The molecule has 0 saturated carbocycles. The van der Waals surface area contributed by atoms with E-state index >= 15 is 0 Å². The maximum atomic E-state index is 13.4. The van der Waals surface area contributed by atoms with Gasteiger partial charge >= 0.3 is 0 Å². The van der Waals surface area contributed by atoms with Gasteiger partial charge in [-0.1, -0.05) is 24.3 Å². The van der Waals surface area contributed by atoms with Gasteiger partial charge < -0.3 is 10.2 Å². The van der Waals surface area contributed by atoms with Crippen LogP contribution in [0.15, 0.2) is 48.5 Å². The molecule has 27 heavy (non-hydrogen) atoms. The van der Waals surface area contributed by atoms with E-state index in [1.54, 1.807) is 25.1 Å². The Morgan fingerprint density at radius 1 is 1.07 bits per heavy atom. The summed E-state index contributed by atoms with van der Waals surface area (Å²) in [4.78, 5) is 16.7. The average Bonchev–Trinajstić information content (AvgIpc) is 2.66.